The van der Waals surface area contributed by atoms with Crippen LogP contribution in [0.1, 0.15) is 56.7 Å². The fourth-order valence-electron chi connectivity index (χ4n) is 5.80. The van der Waals surface area contributed by atoms with Crippen LogP contribution in [0, 0.1) is 6.92 Å². The highest BCUT2D eigenvalue weighted by atomic mass is 16.2. The van der Waals surface area contributed by atoms with Crippen LogP contribution in [0.2, 0.25) is 0 Å². The van der Waals surface area contributed by atoms with Crippen molar-refractivity contribution in [3.8, 4) is 0 Å². The normalized spacial score (nSPS) is 22.4. The van der Waals surface area contributed by atoms with Crippen molar-refractivity contribution in [3.05, 3.63) is 82.5 Å². The summed E-state index contributed by atoms with van der Waals surface area (Å²) in [6.45, 7) is 11.4. The first-order valence-corrected chi connectivity index (χ1v) is 12.7. The topological polar surface area (TPSA) is 65.3 Å². The fraction of sp³-hybridized carbons (Fsp3) is 0.333. The Morgan fingerprint density at radius 3 is 2.11 bits per heavy atom. The van der Waals surface area contributed by atoms with Gasteiger partial charge in [0.05, 0.1) is 34.6 Å². The van der Waals surface area contributed by atoms with E-state index in [1.165, 1.54) is 11.1 Å². The molecule has 6 heteroatoms. The van der Waals surface area contributed by atoms with E-state index < -0.39 is 0 Å². The Kier molecular flexibility index (Phi) is 5.47. The minimum atomic E-state index is 0.0131. The van der Waals surface area contributed by atoms with E-state index in [1.54, 1.807) is 0 Å². The van der Waals surface area contributed by atoms with Gasteiger partial charge in [-0.05, 0) is 80.0 Å². The van der Waals surface area contributed by atoms with E-state index in [2.05, 4.69) is 42.2 Å². The summed E-state index contributed by atoms with van der Waals surface area (Å²) in [7, 11) is 0. The van der Waals surface area contributed by atoms with E-state index in [-0.39, 0.29) is 23.9 Å². The maximum absolute atomic E-state index is 13.1. The smallest absolute Gasteiger partial charge is 0.256 e. The predicted octanol–water partition coefficient (Wildman–Crippen LogP) is 5.14. The molecule has 0 aliphatic carbocycles. The largest absolute Gasteiger partial charge is 0.326 e. The molecule has 6 nitrogen and oxygen atoms in total. The Bertz CT molecular complexity index is 1390. The summed E-state index contributed by atoms with van der Waals surface area (Å²) in [5.41, 5.74) is 8.54. The highest BCUT2D eigenvalue weighted by molar-refractivity contribution is 6.04. The maximum atomic E-state index is 13.1. The monoisotopic (exact) mass is 478 g/mol. The maximum Gasteiger partial charge on any atom is 0.256 e. The second-order valence-electron chi connectivity index (χ2n) is 10.5. The molecule has 0 saturated carbocycles. The van der Waals surface area contributed by atoms with E-state index >= 15 is 0 Å². The molecule has 4 aliphatic rings. The Hall–Kier alpha value is -3.80. The van der Waals surface area contributed by atoms with Crippen LogP contribution in [-0.4, -0.2) is 59.2 Å². The van der Waals surface area contributed by atoms with Crippen LogP contribution >= 0.6 is 0 Å². The number of hydrogen-bond donors (Lipinski definition) is 0. The molecule has 0 aromatic heterocycles. The van der Waals surface area contributed by atoms with E-state index in [1.807, 2.05) is 40.4 Å². The number of carbonyl (C=O) groups excluding carboxylic acids is 2. The number of aryl methyl sites for hydroxylation is 3. The second-order valence-corrected chi connectivity index (χ2v) is 10.5. The number of rotatable bonds is 4. The van der Waals surface area contributed by atoms with E-state index in [0.29, 0.717) is 24.2 Å². The molecule has 0 radical (unpaired) electrons. The molecule has 2 saturated heterocycles. The molecule has 2 aromatic carbocycles. The summed E-state index contributed by atoms with van der Waals surface area (Å²) in [5, 5.41) is 0. The zero-order valence-electron chi connectivity index (χ0n) is 20.7. The lowest BCUT2D eigenvalue weighted by Gasteiger charge is -2.20. The highest BCUT2D eigenvalue weighted by Gasteiger charge is 2.34. The molecular weight excluding hydrogens is 448 g/mol. The molecule has 4 aliphatic heterocycles. The average Bonchev–Trinajstić information content (AvgIpc) is 3.36. The Morgan fingerprint density at radius 1 is 0.833 bits per heavy atom. The number of amides is 2. The summed E-state index contributed by atoms with van der Waals surface area (Å²) >= 11 is 0. The number of nitrogens with zero attached hydrogens (tertiary/aromatic N) is 4. The quantitative estimate of drug-likeness (QED) is 0.571. The zero-order valence-corrected chi connectivity index (χ0v) is 20.7. The third kappa shape index (κ3) is 3.91. The molecule has 0 bridgehead atoms. The van der Waals surface area contributed by atoms with Crippen molar-refractivity contribution >= 4 is 35.6 Å². The van der Waals surface area contributed by atoms with Gasteiger partial charge in [-0.3, -0.25) is 19.6 Å². The van der Waals surface area contributed by atoms with Crippen molar-refractivity contribution in [1.82, 2.24) is 9.80 Å². The van der Waals surface area contributed by atoms with Crippen LogP contribution in [0.4, 0.5) is 11.4 Å². The molecule has 6 rings (SSSR count). The van der Waals surface area contributed by atoms with Crippen LogP contribution < -0.4 is 0 Å². The van der Waals surface area contributed by atoms with Crippen molar-refractivity contribution in [3.63, 3.8) is 0 Å². The van der Waals surface area contributed by atoms with Crippen molar-refractivity contribution in [2.45, 2.75) is 51.1 Å². The SMILES string of the molecule is C=C1C[C@H]2C=Nc3cc(CCCc4cc5c(cc4C)C(=O)N4CC(=C)C[C@H]4C=N5)ccc3C(=O)N2C1. The molecule has 0 spiro atoms. The molecule has 2 atom stereocenters. The van der Waals surface area contributed by atoms with Crippen molar-refractivity contribution in [1.29, 1.82) is 0 Å². The van der Waals surface area contributed by atoms with Gasteiger partial charge < -0.3 is 9.80 Å². The lowest BCUT2D eigenvalue weighted by Crippen LogP contribution is -2.35. The van der Waals surface area contributed by atoms with Crippen molar-refractivity contribution < 1.29 is 9.59 Å². The van der Waals surface area contributed by atoms with Crippen molar-refractivity contribution in [2.75, 3.05) is 13.1 Å². The third-order valence-electron chi connectivity index (χ3n) is 7.77. The van der Waals surface area contributed by atoms with Crippen LogP contribution in [0.5, 0.6) is 0 Å². The minimum absolute atomic E-state index is 0.0131. The molecular formula is C30H30N4O2. The summed E-state index contributed by atoms with van der Waals surface area (Å²) in [4.78, 5) is 39.2. The summed E-state index contributed by atoms with van der Waals surface area (Å²) < 4.78 is 0. The molecule has 0 unspecified atom stereocenters. The molecule has 2 aromatic rings. The molecule has 36 heavy (non-hydrogen) atoms. The number of carbonyl (C=O) groups is 2. The van der Waals surface area contributed by atoms with Gasteiger partial charge in [-0.1, -0.05) is 30.4 Å². The van der Waals surface area contributed by atoms with Gasteiger partial charge in [-0.2, -0.15) is 0 Å². The first kappa shape index (κ1) is 22.7. The first-order chi connectivity index (χ1) is 17.4. The van der Waals surface area contributed by atoms with Gasteiger partial charge >= 0.3 is 0 Å². The summed E-state index contributed by atoms with van der Waals surface area (Å²) in [5.74, 6) is 0.0869. The number of fused-ring (bicyclic) bond motifs is 4. The lowest BCUT2D eigenvalue weighted by atomic mass is 9.96. The van der Waals surface area contributed by atoms with Crippen LogP contribution in [0.25, 0.3) is 0 Å². The van der Waals surface area contributed by atoms with Crippen LogP contribution in [0.15, 0.2) is 64.6 Å². The molecule has 182 valence electrons. The fourth-order valence-corrected chi connectivity index (χ4v) is 5.80. The van der Waals surface area contributed by atoms with Gasteiger partial charge in [0.25, 0.3) is 11.8 Å². The van der Waals surface area contributed by atoms with Gasteiger partial charge in [-0.15, -0.1) is 0 Å². The Balaban J connectivity index is 1.16. The van der Waals surface area contributed by atoms with Gasteiger partial charge in [0.1, 0.15) is 0 Å². The second kappa shape index (κ2) is 8.70. The lowest BCUT2D eigenvalue weighted by molar-refractivity contribution is 0.0770. The van der Waals surface area contributed by atoms with Gasteiger partial charge in [-0.25, -0.2) is 0 Å². The molecule has 2 amide bonds. The average molecular weight is 479 g/mol. The Morgan fingerprint density at radius 2 is 1.44 bits per heavy atom. The number of benzene rings is 2. The molecule has 0 N–H and O–H groups in total. The highest BCUT2D eigenvalue weighted by Crippen LogP contribution is 2.34. The van der Waals surface area contributed by atoms with E-state index in [4.69, 9.17) is 0 Å². The summed E-state index contributed by atoms with van der Waals surface area (Å²) in [6, 6.07) is 10.1. The standard InChI is InChI=1S/C30H30N4O2/c1-18-9-23-14-31-27-12-21(7-8-25(27)29(35)33(23)16-18)5-4-6-22-13-28-26(11-20(22)3)30(36)34-17-19(2)10-24(34)15-32-28/h7-8,11-15,23-24H,1-2,4-6,9-10,16-17H2,3H3/t23-,24-/m0/s1. The van der Waals surface area contributed by atoms with Crippen LogP contribution in [0.3, 0.4) is 0 Å². The predicted molar refractivity (Wildman–Crippen MR) is 143 cm³/mol. The zero-order chi connectivity index (χ0) is 25.0. The minimum Gasteiger partial charge on any atom is -0.326 e. The van der Waals surface area contributed by atoms with Gasteiger partial charge in [0.15, 0.2) is 0 Å². The summed E-state index contributed by atoms with van der Waals surface area (Å²) in [6.07, 6.45) is 8.12. The molecule has 4 heterocycles. The molecule has 2 fully saturated rings. The van der Waals surface area contributed by atoms with Crippen molar-refractivity contribution in [2.24, 2.45) is 9.98 Å². The van der Waals surface area contributed by atoms with E-state index in [0.717, 1.165) is 60.2 Å². The number of aliphatic imine (C=N–C) groups is 2. The first-order valence-electron chi connectivity index (χ1n) is 12.7. The Labute approximate surface area is 211 Å². The van der Waals surface area contributed by atoms with Gasteiger partial charge in [0.2, 0.25) is 0 Å². The third-order valence-corrected chi connectivity index (χ3v) is 7.77. The van der Waals surface area contributed by atoms with Crippen LogP contribution in [-0.2, 0) is 12.8 Å². The number of hydrogen-bond acceptors (Lipinski definition) is 4. The van der Waals surface area contributed by atoms with E-state index in [9.17, 15) is 9.59 Å². The van der Waals surface area contributed by atoms with Gasteiger partial charge in [0, 0.05) is 25.5 Å².